The molecule has 1 aromatic carbocycles. The van der Waals surface area contributed by atoms with E-state index >= 15 is 0 Å². The predicted octanol–water partition coefficient (Wildman–Crippen LogP) is 2.78. The Hall–Kier alpha value is -0.900. The van der Waals surface area contributed by atoms with Crippen LogP contribution in [0.2, 0.25) is 0 Å². The molecule has 1 aliphatic rings. The maximum Gasteiger partial charge on any atom is 0.191 e. The average molecular weight is 518 g/mol. The fourth-order valence-electron chi connectivity index (χ4n) is 3.69. The number of ether oxygens (including phenoxy) is 1. The number of nitrogens with one attached hydrogen (secondary N) is 2. The summed E-state index contributed by atoms with van der Waals surface area (Å²) in [7, 11) is 6.05. The quantitative estimate of drug-likeness (QED) is 0.300. The third-order valence-corrected chi connectivity index (χ3v) is 5.09. The Labute approximate surface area is 194 Å². The number of halogens is 1. The minimum Gasteiger partial charge on any atom is -0.379 e. The molecular weight excluding hydrogens is 477 g/mol. The molecule has 1 saturated heterocycles. The molecule has 1 aromatic rings. The van der Waals surface area contributed by atoms with Gasteiger partial charge in [0.2, 0.25) is 0 Å². The number of nitrogens with zero attached hydrogens (tertiary/aromatic N) is 3. The van der Waals surface area contributed by atoms with Gasteiger partial charge in [-0.1, -0.05) is 38.1 Å². The maximum absolute atomic E-state index is 5.53. The lowest BCUT2D eigenvalue weighted by molar-refractivity contribution is 0.0132. The lowest BCUT2D eigenvalue weighted by atomic mass is 10.0. The molecule has 6 nitrogen and oxygen atoms in total. The van der Waals surface area contributed by atoms with Gasteiger partial charge in [0.15, 0.2) is 5.96 Å². The van der Waals surface area contributed by atoms with Gasteiger partial charge >= 0.3 is 0 Å². The molecular formula is C22H40IN5O. The van der Waals surface area contributed by atoms with E-state index in [-0.39, 0.29) is 24.0 Å². The number of hydrogen-bond acceptors (Lipinski definition) is 4. The van der Waals surface area contributed by atoms with Crippen LogP contribution in [0.15, 0.2) is 29.3 Å². The molecule has 1 unspecified atom stereocenters. The fourth-order valence-corrected chi connectivity index (χ4v) is 3.69. The van der Waals surface area contributed by atoms with Gasteiger partial charge in [-0.2, -0.15) is 0 Å². The summed E-state index contributed by atoms with van der Waals surface area (Å²) in [5.74, 6) is 1.53. The second-order valence-electron chi connectivity index (χ2n) is 8.24. The molecule has 1 aliphatic heterocycles. The van der Waals surface area contributed by atoms with Crippen LogP contribution in [0, 0.1) is 5.92 Å². The third-order valence-electron chi connectivity index (χ3n) is 5.09. The molecule has 1 atom stereocenters. The fraction of sp³-hybridized carbons (Fsp3) is 0.682. The van der Waals surface area contributed by atoms with Crippen LogP contribution in [0.1, 0.15) is 31.4 Å². The molecule has 0 bridgehead atoms. The molecule has 166 valence electrons. The highest BCUT2D eigenvalue weighted by Gasteiger charge is 2.22. The second kappa shape index (κ2) is 14.2. The van der Waals surface area contributed by atoms with Gasteiger partial charge in [0.25, 0.3) is 0 Å². The molecule has 7 heteroatoms. The standard InChI is InChI=1S/C22H39N5O.HI/c1-18(2)14-21(27-10-12-28-13-11-27)16-25-22(23-3)24-15-19-8-6-7-9-20(19)17-26(4)5;/h6-9,18,21H,10-17H2,1-5H3,(H2,23,24,25);1H. The van der Waals surface area contributed by atoms with Crippen molar-refractivity contribution in [2.45, 2.75) is 39.4 Å². The van der Waals surface area contributed by atoms with Gasteiger partial charge < -0.3 is 20.3 Å². The number of guanidine groups is 1. The van der Waals surface area contributed by atoms with Crippen molar-refractivity contribution < 1.29 is 4.74 Å². The van der Waals surface area contributed by atoms with E-state index in [0.29, 0.717) is 12.0 Å². The highest BCUT2D eigenvalue weighted by Crippen LogP contribution is 2.13. The smallest absolute Gasteiger partial charge is 0.191 e. The van der Waals surface area contributed by atoms with Crippen molar-refractivity contribution in [3.63, 3.8) is 0 Å². The number of benzene rings is 1. The topological polar surface area (TPSA) is 52.1 Å². The van der Waals surface area contributed by atoms with Crippen molar-refractivity contribution >= 4 is 29.9 Å². The normalized spacial score (nSPS) is 16.6. The zero-order valence-electron chi connectivity index (χ0n) is 18.8. The molecule has 0 radical (unpaired) electrons. The highest BCUT2D eigenvalue weighted by atomic mass is 127. The van der Waals surface area contributed by atoms with Gasteiger partial charge in [-0.15, -0.1) is 24.0 Å². The summed E-state index contributed by atoms with van der Waals surface area (Å²) in [6.07, 6.45) is 1.18. The Kier molecular flexibility index (Phi) is 12.8. The second-order valence-corrected chi connectivity index (χ2v) is 8.24. The molecule has 29 heavy (non-hydrogen) atoms. The molecule has 0 spiro atoms. The van der Waals surface area contributed by atoms with E-state index in [1.807, 2.05) is 7.05 Å². The van der Waals surface area contributed by atoms with Crippen LogP contribution in [-0.4, -0.2) is 75.8 Å². The first-order chi connectivity index (χ1) is 13.5. The van der Waals surface area contributed by atoms with Gasteiger partial charge in [-0.05, 0) is 37.6 Å². The van der Waals surface area contributed by atoms with E-state index in [4.69, 9.17) is 4.74 Å². The molecule has 0 amide bonds. The van der Waals surface area contributed by atoms with E-state index in [1.165, 1.54) is 17.5 Å². The zero-order chi connectivity index (χ0) is 20.4. The first-order valence-electron chi connectivity index (χ1n) is 10.5. The van der Waals surface area contributed by atoms with Gasteiger partial charge in [0.05, 0.1) is 13.2 Å². The monoisotopic (exact) mass is 517 g/mol. The summed E-state index contributed by atoms with van der Waals surface area (Å²) in [5.41, 5.74) is 2.66. The summed E-state index contributed by atoms with van der Waals surface area (Å²) in [6, 6.07) is 9.10. The lowest BCUT2D eigenvalue weighted by Crippen LogP contribution is -2.51. The number of rotatable bonds is 9. The molecule has 1 fully saturated rings. The van der Waals surface area contributed by atoms with Crippen LogP contribution in [0.4, 0.5) is 0 Å². The number of aliphatic imine (C=N–C) groups is 1. The van der Waals surface area contributed by atoms with Crippen LogP contribution in [-0.2, 0) is 17.8 Å². The Balaban J connectivity index is 0.00000420. The minimum atomic E-state index is 0. The first kappa shape index (κ1) is 26.1. The van der Waals surface area contributed by atoms with Gasteiger partial charge in [-0.25, -0.2) is 0 Å². The Morgan fingerprint density at radius 1 is 1.14 bits per heavy atom. The highest BCUT2D eigenvalue weighted by molar-refractivity contribution is 14.0. The van der Waals surface area contributed by atoms with Crippen LogP contribution in [0.3, 0.4) is 0 Å². The largest absolute Gasteiger partial charge is 0.379 e. The summed E-state index contributed by atoms with van der Waals surface area (Å²) in [5, 5.41) is 7.04. The predicted molar refractivity (Wildman–Crippen MR) is 133 cm³/mol. The number of hydrogen-bond donors (Lipinski definition) is 2. The van der Waals surface area contributed by atoms with E-state index in [1.54, 1.807) is 0 Å². The van der Waals surface area contributed by atoms with Crippen molar-refractivity contribution in [1.29, 1.82) is 0 Å². The van der Waals surface area contributed by atoms with Crippen molar-refractivity contribution in [3.05, 3.63) is 35.4 Å². The van der Waals surface area contributed by atoms with Gasteiger partial charge in [-0.3, -0.25) is 9.89 Å². The molecule has 0 saturated carbocycles. The van der Waals surface area contributed by atoms with Gasteiger partial charge in [0, 0.05) is 45.8 Å². The van der Waals surface area contributed by atoms with Crippen molar-refractivity contribution in [2.24, 2.45) is 10.9 Å². The van der Waals surface area contributed by atoms with Crippen LogP contribution < -0.4 is 10.6 Å². The van der Waals surface area contributed by atoms with Crippen molar-refractivity contribution in [1.82, 2.24) is 20.4 Å². The van der Waals surface area contributed by atoms with E-state index in [0.717, 1.165) is 51.9 Å². The Morgan fingerprint density at radius 3 is 2.38 bits per heavy atom. The van der Waals surface area contributed by atoms with Crippen molar-refractivity contribution in [3.8, 4) is 0 Å². The third kappa shape index (κ3) is 9.63. The zero-order valence-corrected chi connectivity index (χ0v) is 21.1. The SMILES string of the molecule is CN=C(NCc1ccccc1CN(C)C)NCC(CC(C)C)N1CCOCC1.I. The molecule has 2 rings (SSSR count). The maximum atomic E-state index is 5.53. The molecule has 0 aromatic heterocycles. The Morgan fingerprint density at radius 2 is 1.79 bits per heavy atom. The first-order valence-corrected chi connectivity index (χ1v) is 10.5. The molecule has 1 heterocycles. The Bertz CT molecular complexity index is 603. The minimum absolute atomic E-state index is 0. The summed E-state index contributed by atoms with van der Waals surface area (Å²) >= 11 is 0. The summed E-state index contributed by atoms with van der Waals surface area (Å²) in [4.78, 5) is 9.18. The molecule has 0 aliphatic carbocycles. The van der Waals surface area contributed by atoms with Crippen LogP contribution >= 0.6 is 24.0 Å². The summed E-state index contributed by atoms with van der Waals surface area (Å²) < 4.78 is 5.53. The van der Waals surface area contributed by atoms with Crippen LogP contribution in [0.5, 0.6) is 0 Å². The van der Waals surface area contributed by atoms with E-state index in [9.17, 15) is 0 Å². The molecule has 2 N–H and O–H groups in total. The van der Waals surface area contributed by atoms with E-state index < -0.39 is 0 Å². The van der Waals surface area contributed by atoms with Crippen LogP contribution in [0.25, 0.3) is 0 Å². The van der Waals surface area contributed by atoms with Gasteiger partial charge in [0.1, 0.15) is 0 Å². The van der Waals surface area contributed by atoms with E-state index in [2.05, 4.69) is 77.6 Å². The summed E-state index contributed by atoms with van der Waals surface area (Å²) in [6.45, 7) is 10.9. The van der Waals surface area contributed by atoms with Crippen molar-refractivity contribution in [2.75, 3.05) is 54.0 Å². The number of morpholine rings is 1. The average Bonchev–Trinajstić information content (AvgIpc) is 2.68. The lowest BCUT2D eigenvalue weighted by Gasteiger charge is -2.35.